The number of ether oxygens (including phenoxy) is 1. The minimum Gasteiger partial charge on any atom is -0.496 e. The van der Waals surface area contributed by atoms with Gasteiger partial charge in [0.05, 0.1) is 21.3 Å². The van der Waals surface area contributed by atoms with Crippen molar-refractivity contribution >= 4 is 39.1 Å². The number of carbonyl (C=O) groups excluding carboxylic acids is 2. The predicted octanol–water partition coefficient (Wildman–Crippen LogP) is 2.59. The molecule has 104 valence electrons. The van der Waals surface area contributed by atoms with E-state index in [2.05, 4.69) is 26.8 Å². The van der Waals surface area contributed by atoms with Crippen LogP contribution in [0.5, 0.6) is 5.75 Å². The van der Waals surface area contributed by atoms with Crippen molar-refractivity contribution < 1.29 is 14.3 Å². The highest BCUT2D eigenvalue weighted by atomic mass is 79.9. The number of rotatable bonds is 3. The SMILES string of the molecule is COc1ccccc1C(=O)NNC(=O)c1ccc(Br)s1. The zero-order chi connectivity index (χ0) is 14.5. The van der Waals surface area contributed by atoms with Gasteiger partial charge in [0.15, 0.2) is 0 Å². The van der Waals surface area contributed by atoms with Gasteiger partial charge in [-0.25, -0.2) is 0 Å². The third-order valence-corrected chi connectivity index (χ3v) is 4.06. The highest BCUT2D eigenvalue weighted by Gasteiger charge is 2.13. The number of hydrogen-bond acceptors (Lipinski definition) is 4. The van der Waals surface area contributed by atoms with Crippen molar-refractivity contribution in [2.45, 2.75) is 0 Å². The highest BCUT2D eigenvalue weighted by molar-refractivity contribution is 9.11. The molecule has 0 fully saturated rings. The molecule has 20 heavy (non-hydrogen) atoms. The summed E-state index contributed by atoms with van der Waals surface area (Å²) < 4.78 is 5.93. The lowest BCUT2D eigenvalue weighted by Gasteiger charge is -2.09. The monoisotopic (exact) mass is 354 g/mol. The Hall–Kier alpha value is -1.86. The molecule has 0 atom stereocenters. The first-order valence-electron chi connectivity index (χ1n) is 5.61. The molecule has 2 rings (SSSR count). The number of methoxy groups -OCH3 is 1. The Morgan fingerprint density at radius 2 is 1.80 bits per heavy atom. The van der Waals surface area contributed by atoms with Gasteiger partial charge in [-0.1, -0.05) is 12.1 Å². The normalized spacial score (nSPS) is 9.90. The molecule has 2 amide bonds. The summed E-state index contributed by atoms with van der Waals surface area (Å²) in [5.74, 6) is -0.367. The van der Waals surface area contributed by atoms with Crippen LogP contribution in [0.2, 0.25) is 0 Å². The highest BCUT2D eigenvalue weighted by Crippen LogP contribution is 2.21. The molecule has 0 aliphatic rings. The van der Waals surface area contributed by atoms with Gasteiger partial charge in [-0.2, -0.15) is 0 Å². The van der Waals surface area contributed by atoms with Crippen LogP contribution in [0.25, 0.3) is 0 Å². The molecule has 0 radical (unpaired) electrons. The number of carbonyl (C=O) groups is 2. The maximum Gasteiger partial charge on any atom is 0.279 e. The maximum absolute atomic E-state index is 12.0. The second-order valence-corrected chi connectivity index (χ2v) is 6.18. The summed E-state index contributed by atoms with van der Waals surface area (Å²) in [6.45, 7) is 0. The van der Waals surface area contributed by atoms with Crippen LogP contribution >= 0.6 is 27.3 Å². The van der Waals surface area contributed by atoms with Gasteiger partial charge in [-0.05, 0) is 40.2 Å². The summed E-state index contributed by atoms with van der Waals surface area (Å²) in [6.07, 6.45) is 0. The molecule has 5 nitrogen and oxygen atoms in total. The van der Waals surface area contributed by atoms with Crippen molar-refractivity contribution in [2.24, 2.45) is 0 Å². The number of halogens is 1. The first-order chi connectivity index (χ1) is 9.61. The minimum absolute atomic E-state index is 0.350. The largest absolute Gasteiger partial charge is 0.496 e. The first kappa shape index (κ1) is 14.5. The fraction of sp³-hybridized carbons (Fsp3) is 0.0769. The van der Waals surface area contributed by atoms with Gasteiger partial charge in [-0.15, -0.1) is 11.3 Å². The van der Waals surface area contributed by atoms with E-state index in [0.29, 0.717) is 16.2 Å². The number of benzene rings is 1. The summed E-state index contributed by atoms with van der Waals surface area (Å²) in [7, 11) is 1.48. The predicted molar refractivity (Wildman–Crippen MR) is 79.9 cm³/mol. The van der Waals surface area contributed by atoms with Crippen molar-refractivity contribution in [3.63, 3.8) is 0 Å². The molecule has 1 heterocycles. The lowest BCUT2D eigenvalue weighted by atomic mass is 10.2. The lowest BCUT2D eigenvalue weighted by Crippen LogP contribution is -2.41. The molecular weight excluding hydrogens is 344 g/mol. The van der Waals surface area contributed by atoms with Gasteiger partial charge in [-0.3, -0.25) is 20.4 Å². The first-order valence-corrected chi connectivity index (χ1v) is 7.22. The second-order valence-electron chi connectivity index (χ2n) is 3.71. The molecule has 0 bridgehead atoms. The van der Waals surface area contributed by atoms with Crippen molar-refractivity contribution in [1.29, 1.82) is 0 Å². The van der Waals surface area contributed by atoms with E-state index in [1.165, 1.54) is 18.4 Å². The number of hydrazine groups is 1. The molecule has 0 aliphatic carbocycles. The van der Waals surface area contributed by atoms with E-state index >= 15 is 0 Å². The van der Waals surface area contributed by atoms with Crippen LogP contribution in [-0.2, 0) is 0 Å². The number of nitrogens with one attached hydrogen (secondary N) is 2. The smallest absolute Gasteiger partial charge is 0.279 e. The topological polar surface area (TPSA) is 67.4 Å². The van der Waals surface area contributed by atoms with Crippen LogP contribution in [0.4, 0.5) is 0 Å². The molecule has 0 spiro atoms. The Balaban J connectivity index is 2.00. The summed E-state index contributed by atoms with van der Waals surface area (Å²) in [4.78, 5) is 24.2. The maximum atomic E-state index is 12.0. The number of thiophene rings is 1. The van der Waals surface area contributed by atoms with Gasteiger partial charge in [0, 0.05) is 0 Å². The molecule has 0 aliphatic heterocycles. The quantitative estimate of drug-likeness (QED) is 0.832. The summed E-state index contributed by atoms with van der Waals surface area (Å²) in [6, 6.07) is 10.2. The molecule has 0 unspecified atom stereocenters. The lowest BCUT2D eigenvalue weighted by molar-refractivity contribution is 0.0847. The van der Waals surface area contributed by atoms with Crippen molar-refractivity contribution in [1.82, 2.24) is 10.9 Å². The summed E-state index contributed by atoms with van der Waals surface area (Å²) in [5, 5.41) is 0. The molecule has 2 aromatic rings. The van der Waals surface area contributed by atoms with Crippen molar-refractivity contribution in [3.8, 4) is 5.75 Å². The van der Waals surface area contributed by atoms with Gasteiger partial charge >= 0.3 is 0 Å². The van der Waals surface area contributed by atoms with Crippen LogP contribution in [0, 0.1) is 0 Å². The van der Waals surface area contributed by atoms with Gasteiger partial charge in [0.2, 0.25) is 0 Å². The zero-order valence-electron chi connectivity index (χ0n) is 10.5. The van der Waals surface area contributed by atoms with E-state index in [-0.39, 0.29) is 5.91 Å². The third-order valence-electron chi connectivity index (χ3n) is 2.44. The molecule has 1 aromatic carbocycles. The molecular formula is C13H11BrN2O3S. The fourth-order valence-electron chi connectivity index (χ4n) is 1.51. The van der Waals surface area contributed by atoms with E-state index in [9.17, 15) is 9.59 Å². The van der Waals surface area contributed by atoms with Crippen LogP contribution < -0.4 is 15.6 Å². The molecule has 7 heteroatoms. The standard InChI is InChI=1S/C13H11BrN2O3S/c1-19-9-5-3-2-4-8(9)12(17)15-16-13(18)10-6-7-11(14)20-10/h2-7H,1H3,(H,15,17)(H,16,18). The van der Waals surface area contributed by atoms with Crippen molar-refractivity contribution in [2.75, 3.05) is 7.11 Å². The van der Waals surface area contributed by atoms with E-state index in [0.717, 1.165) is 3.79 Å². The van der Waals surface area contributed by atoms with Crippen molar-refractivity contribution in [3.05, 3.63) is 50.6 Å². The number of amides is 2. The Morgan fingerprint density at radius 3 is 2.45 bits per heavy atom. The number of para-hydroxylation sites is 1. The second kappa shape index (κ2) is 6.53. The van der Waals surface area contributed by atoms with Gasteiger partial charge in [0.25, 0.3) is 11.8 Å². The summed E-state index contributed by atoms with van der Waals surface area (Å²) in [5.41, 5.74) is 5.06. The Labute approximate surface area is 128 Å². The van der Waals surface area contributed by atoms with Gasteiger partial charge in [0.1, 0.15) is 5.75 Å². The van der Waals surface area contributed by atoms with E-state index in [4.69, 9.17) is 4.74 Å². The Morgan fingerprint density at radius 1 is 1.10 bits per heavy atom. The molecule has 2 N–H and O–H groups in total. The van der Waals surface area contributed by atoms with Crippen LogP contribution in [0.3, 0.4) is 0 Å². The van der Waals surface area contributed by atoms with E-state index < -0.39 is 5.91 Å². The molecule has 1 aromatic heterocycles. The average Bonchev–Trinajstić information content (AvgIpc) is 2.91. The van der Waals surface area contributed by atoms with Crippen LogP contribution in [0.15, 0.2) is 40.2 Å². The zero-order valence-corrected chi connectivity index (χ0v) is 12.9. The summed E-state index contributed by atoms with van der Waals surface area (Å²) >= 11 is 4.55. The average molecular weight is 355 g/mol. The fourth-order valence-corrected chi connectivity index (χ4v) is 2.79. The van der Waals surface area contributed by atoms with E-state index in [1.54, 1.807) is 36.4 Å². The van der Waals surface area contributed by atoms with Gasteiger partial charge < -0.3 is 4.74 Å². The number of hydrogen-bond donors (Lipinski definition) is 2. The Kier molecular flexibility index (Phi) is 4.75. The van der Waals surface area contributed by atoms with Crippen LogP contribution in [-0.4, -0.2) is 18.9 Å². The van der Waals surface area contributed by atoms with E-state index in [1.807, 2.05) is 0 Å². The molecule has 0 saturated heterocycles. The molecule has 0 saturated carbocycles. The van der Waals surface area contributed by atoms with Crippen LogP contribution in [0.1, 0.15) is 20.0 Å². The third kappa shape index (κ3) is 3.37. The Bertz CT molecular complexity index is 642. The minimum atomic E-state index is -0.438.